The first-order chi connectivity index (χ1) is 6.86. The number of nitrogens with zero attached hydrogens (tertiary/aromatic N) is 1. The quantitative estimate of drug-likeness (QED) is 0.714. The van der Waals surface area contributed by atoms with Crippen molar-refractivity contribution in [2.75, 3.05) is 32.9 Å². The minimum Gasteiger partial charge on any atom is -0.379 e. The molecule has 2 aliphatic rings. The van der Waals surface area contributed by atoms with Gasteiger partial charge in [0.05, 0.1) is 19.8 Å². The maximum atomic E-state index is 5.52. The van der Waals surface area contributed by atoms with E-state index in [9.17, 15) is 0 Å². The van der Waals surface area contributed by atoms with Crippen LogP contribution < -0.4 is 5.32 Å². The van der Waals surface area contributed by atoms with Crippen LogP contribution in [0, 0.1) is 0 Å². The molecule has 0 amide bonds. The van der Waals surface area contributed by atoms with Gasteiger partial charge in [0, 0.05) is 25.2 Å². The van der Waals surface area contributed by atoms with E-state index < -0.39 is 0 Å². The lowest BCUT2D eigenvalue weighted by molar-refractivity contribution is -0.141. The van der Waals surface area contributed by atoms with Crippen LogP contribution in [0.2, 0.25) is 0 Å². The number of ether oxygens (including phenoxy) is 1. The lowest BCUT2D eigenvalue weighted by atomic mass is 10.1. The van der Waals surface area contributed by atoms with Crippen molar-refractivity contribution in [3.63, 3.8) is 0 Å². The summed E-state index contributed by atoms with van der Waals surface area (Å²) < 4.78 is 5.42. The predicted molar refractivity (Wildman–Crippen MR) is 54.0 cm³/mol. The standard InChI is InChI=1S/C10H20N2O2/c1-9(12-4-2-5-14-12)7-10-8-13-6-3-11-10/h9-11H,2-8H2,1H3. The van der Waals surface area contributed by atoms with Crippen molar-refractivity contribution in [2.24, 2.45) is 0 Å². The Kier molecular flexibility index (Phi) is 3.75. The zero-order valence-electron chi connectivity index (χ0n) is 8.87. The molecule has 0 aliphatic carbocycles. The van der Waals surface area contributed by atoms with Crippen molar-refractivity contribution >= 4 is 0 Å². The Hall–Kier alpha value is -0.160. The van der Waals surface area contributed by atoms with E-state index in [1.165, 1.54) is 6.42 Å². The maximum absolute atomic E-state index is 5.52. The topological polar surface area (TPSA) is 33.7 Å². The molecule has 0 radical (unpaired) electrons. The van der Waals surface area contributed by atoms with E-state index in [1.807, 2.05) is 0 Å². The largest absolute Gasteiger partial charge is 0.379 e. The summed E-state index contributed by atoms with van der Waals surface area (Å²) >= 11 is 0. The van der Waals surface area contributed by atoms with Gasteiger partial charge in [-0.1, -0.05) is 0 Å². The van der Waals surface area contributed by atoms with Gasteiger partial charge < -0.3 is 10.1 Å². The molecule has 82 valence electrons. The molecule has 4 heteroatoms. The van der Waals surface area contributed by atoms with E-state index in [1.54, 1.807) is 0 Å². The Morgan fingerprint density at radius 3 is 3.07 bits per heavy atom. The molecule has 2 aliphatic heterocycles. The molecule has 2 fully saturated rings. The minimum absolute atomic E-state index is 0.497. The van der Waals surface area contributed by atoms with E-state index in [-0.39, 0.29) is 0 Å². The number of nitrogens with one attached hydrogen (secondary N) is 1. The second kappa shape index (κ2) is 5.07. The Balaban J connectivity index is 1.72. The molecule has 2 atom stereocenters. The van der Waals surface area contributed by atoms with Gasteiger partial charge in [-0.25, -0.2) is 0 Å². The van der Waals surface area contributed by atoms with Gasteiger partial charge in [-0.15, -0.1) is 0 Å². The van der Waals surface area contributed by atoms with Crippen LogP contribution >= 0.6 is 0 Å². The first-order valence-corrected chi connectivity index (χ1v) is 5.57. The Morgan fingerprint density at radius 2 is 2.43 bits per heavy atom. The maximum Gasteiger partial charge on any atom is 0.0698 e. The molecule has 4 nitrogen and oxygen atoms in total. The highest BCUT2D eigenvalue weighted by molar-refractivity contribution is 4.76. The third-order valence-electron chi connectivity index (χ3n) is 2.90. The number of rotatable bonds is 3. The van der Waals surface area contributed by atoms with Crippen LogP contribution in [0.5, 0.6) is 0 Å². The third kappa shape index (κ3) is 2.67. The monoisotopic (exact) mass is 200 g/mol. The SMILES string of the molecule is CC(CC1COCCN1)N1CCCO1. The Labute approximate surface area is 85.5 Å². The zero-order valence-corrected chi connectivity index (χ0v) is 8.87. The summed E-state index contributed by atoms with van der Waals surface area (Å²) in [5.41, 5.74) is 0. The lowest BCUT2D eigenvalue weighted by Crippen LogP contribution is -2.45. The molecule has 14 heavy (non-hydrogen) atoms. The average molecular weight is 200 g/mol. The molecule has 0 saturated carbocycles. The number of morpholine rings is 1. The van der Waals surface area contributed by atoms with Crippen LogP contribution in [-0.2, 0) is 9.57 Å². The summed E-state index contributed by atoms with van der Waals surface area (Å²) in [6.45, 7) is 6.87. The van der Waals surface area contributed by atoms with Crippen LogP contribution in [0.3, 0.4) is 0 Å². The number of hydroxylamine groups is 2. The van der Waals surface area contributed by atoms with E-state index in [0.717, 1.165) is 39.3 Å². The van der Waals surface area contributed by atoms with Gasteiger partial charge in [0.25, 0.3) is 0 Å². The molecule has 2 unspecified atom stereocenters. The van der Waals surface area contributed by atoms with Gasteiger partial charge >= 0.3 is 0 Å². The summed E-state index contributed by atoms with van der Waals surface area (Å²) in [7, 11) is 0. The van der Waals surface area contributed by atoms with E-state index in [4.69, 9.17) is 9.57 Å². The molecule has 0 aromatic rings. The summed E-state index contributed by atoms with van der Waals surface area (Å²) in [5, 5.41) is 5.57. The van der Waals surface area contributed by atoms with Gasteiger partial charge in [0.15, 0.2) is 0 Å². The summed E-state index contributed by atoms with van der Waals surface area (Å²) in [4.78, 5) is 5.52. The first kappa shape index (κ1) is 10.4. The van der Waals surface area contributed by atoms with Crippen molar-refractivity contribution in [3.05, 3.63) is 0 Å². The molecule has 1 N–H and O–H groups in total. The average Bonchev–Trinajstić information content (AvgIpc) is 2.72. The highest BCUT2D eigenvalue weighted by Crippen LogP contribution is 2.14. The van der Waals surface area contributed by atoms with Gasteiger partial charge in [0.2, 0.25) is 0 Å². The lowest BCUT2D eigenvalue weighted by Gasteiger charge is -2.29. The second-order valence-corrected chi connectivity index (χ2v) is 4.14. The molecule has 2 rings (SSSR count). The zero-order chi connectivity index (χ0) is 9.80. The summed E-state index contributed by atoms with van der Waals surface area (Å²) in [6.07, 6.45) is 2.28. The fourth-order valence-electron chi connectivity index (χ4n) is 2.11. The van der Waals surface area contributed by atoms with Crippen LogP contribution in [0.1, 0.15) is 19.8 Å². The molecular weight excluding hydrogens is 180 g/mol. The van der Waals surface area contributed by atoms with E-state index in [0.29, 0.717) is 12.1 Å². The predicted octanol–water partition coefficient (Wildman–Crippen LogP) is 0.391. The summed E-state index contributed by atoms with van der Waals surface area (Å²) in [5.74, 6) is 0. The first-order valence-electron chi connectivity index (χ1n) is 5.57. The van der Waals surface area contributed by atoms with Gasteiger partial charge in [-0.05, 0) is 19.8 Å². The fourth-order valence-corrected chi connectivity index (χ4v) is 2.11. The number of hydrogen-bond donors (Lipinski definition) is 1. The smallest absolute Gasteiger partial charge is 0.0698 e. The molecular formula is C10H20N2O2. The van der Waals surface area contributed by atoms with E-state index in [2.05, 4.69) is 17.3 Å². The molecule has 0 bridgehead atoms. The normalized spacial score (nSPS) is 31.9. The highest BCUT2D eigenvalue weighted by atomic mass is 16.7. The Morgan fingerprint density at radius 1 is 1.50 bits per heavy atom. The fraction of sp³-hybridized carbons (Fsp3) is 1.00. The second-order valence-electron chi connectivity index (χ2n) is 4.14. The number of hydrogen-bond acceptors (Lipinski definition) is 4. The van der Waals surface area contributed by atoms with Gasteiger partial charge in [-0.3, -0.25) is 4.84 Å². The molecule has 0 spiro atoms. The summed E-state index contributed by atoms with van der Waals surface area (Å²) in [6, 6.07) is 1.000. The molecule has 2 heterocycles. The van der Waals surface area contributed by atoms with E-state index >= 15 is 0 Å². The molecule has 0 aromatic carbocycles. The molecule has 0 aromatic heterocycles. The Bertz CT molecular complexity index is 166. The van der Waals surface area contributed by atoms with Crippen LogP contribution in [0.15, 0.2) is 0 Å². The van der Waals surface area contributed by atoms with Crippen LogP contribution in [0.25, 0.3) is 0 Å². The molecule has 2 saturated heterocycles. The third-order valence-corrected chi connectivity index (χ3v) is 2.90. The highest BCUT2D eigenvalue weighted by Gasteiger charge is 2.23. The van der Waals surface area contributed by atoms with Gasteiger partial charge in [-0.2, -0.15) is 5.06 Å². The minimum atomic E-state index is 0.497. The van der Waals surface area contributed by atoms with Crippen molar-refractivity contribution in [3.8, 4) is 0 Å². The van der Waals surface area contributed by atoms with Crippen molar-refractivity contribution < 1.29 is 9.57 Å². The van der Waals surface area contributed by atoms with Crippen LogP contribution in [0.4, 0.5) is 0 Å². The van der Waals surface area contributed by atoms with Crippen LogP contribution in [-0.4, -0.2) is 50.1 Å². The van der Waals surface area contributed by atoms with Crippen molar-refractivity contribution in [1.29, 1.82) is 0 Å². The van der Waals surface area contributed by atoms with Gasteiger partial charge in [0.1, 0.15) is 0 Å². The van der Waals surface area contributed by atoms with Crippen molar-refractivity contribution in [2.45, 2.75) is 31.8 Å². The van der Waals surface area contributed by atoms with Crippen molar-refractivity contribution in [1.82, 2.24) is 10.4 Å².